The third-order valence-electron chi connectivity index (χ3n) is 15.2. The van der Waals surface area contributed by atoms with E-state index in [1.165, 1.54) is 4.90 Å². The molecule has 0 saturated carbocycles. The van der Waals surface area contributed by atoms with Gasteiger partial charge >= 0.3 is 0 Å². The van der Waals surface area contributed by atoms with Crippen molar-refractivity contribution >= 4 is 56.4 Å². The van der Waals surface area contributed by atoms with Crippen molar-refractivity contribution in [2.75, 3.05) is 30.3 Å². The molecule has 9 rings (SSSR count). The summed E-state index contributed by atoms with van der Waals surface area (Å²) in [5, 5.41) is 33.4. The van der Waals surface area contributed by atoms with E-state index in [0.29, 0.717) is 44.3 Å². The minimum Gasteiger partial charge on any atom is -0.394 e. The molecule has 78 heavy (non-hydrogen) atoms. The number of aryl methyl sites for hydroxylation is 4. The summed E-state index contributed by atoms with van der Waals surface area (Å²) in [7, 11) is -3.82. The average Bonchev–Trinajstić information content (AvgIpc) is 4.38. The number of carbonyl (C=O) groups excluding carboxylic acids is 4. The van der Waals surface area contributed by atoms with Crippen LogP contribution in [0.1, 0.15) is 99.0 Å². The summed E-state index contributed by atoms with van der Waals surface area (Å²) < 4.78 is 29.7. The van der Waals surface area contributed by atoms with Gasteiger partial charge in [-0.2, -0.15) is 4.31 Å². The van der Waals surface area contributed by atoms with Crippen molar-refractivity contribution in [2.24, 2.45) is 11.3 Å². The summed E-state index contributed by atoms with van der Waals surface area (Å²) in [6.07, 6.45) is 4.37. The molecule has 410 valence electrons. The number of aromatic nitrogens is 2. The van der Waals surface area contributed by atoms with E-state index in [1.807, 2.05) is 119 Å². The molecule has 0 aliphatic carbocycles. The van der Waals surface area contributed by atoms with Gasteiger partial charge in [0.1, 0.15) is 12.1 Å². The number of likely N-dealkylation sites (tertiary alicyclic amines) is 1. The summed E-state index contributed by atoms with van der Waals surface area (Å²) >= 11 is 1.57. The number of fused-ring (bicyclic) bond motifs is 3. The average molecular weight is 1100 g/mol. The number of β-amino-alcohol motifs (C(OH)–C–C–N with tert-alkyl or cyclic N) is 1. The van der Waals surface area contributed by atoms with Crippen molar-refractivity contribution in [2.45, 2.75) is 128 Å². The summed E-state index contributed by atoms with van der Waals surface area (Å²) in [5.41, 5.74) is 10.8. The van der Waals surface area contributed by atoms with E-state index in [-0.39, 0.29) is 73.5 Å². The largest absolute Gasteiger partial charge is 0.394 e. The Balaban J connectivity index is 0.728. The van der Waals surface area contributed by atoms with Gasteiger partial charge in [-0.1, -0.05) is 87.0 Å². The van der Waals surface area contributed by atoms with Crippen molar-refractivity contribution in [3.8, 4) is 21.6 Å². The van der Waals surface area contributed by atoms with Crippen molar-refractivity contribution < 1.29 is 37.8 Å². The maximum atomic E-state index is 14.1. The lowest BCUT2D eigenvalue weighted by Crippen LogP contribution is -2.57. The highest BCUT2D eigenvalue weighted by atomic mass is 32.2. The molecule has 16 nitrogen and oxygen atoms in total. The highest BCUT2D eigenvalue weighted by molar-refractivity contribution is 7.89. The van der Waals surface area contributed by atoms with Crippen LogP contribution < -0.4 is 21.3 Å². The zero-order valence-corrected chi connectivity index (χ0v) is 46.5. The molecule has 2 saturated heterocycles. The number of rotatable bonds is 19. The number of sulfonamides is 1. The monoisotopic (exact) mass is 1090 g/mol. The molecule has 6 atom stereocenters. The van der Waals surface area contributed by atoms with Crippen LogP contribution in [0.4, 0.5) is 11.4 Å². The molecule has 4 aromatic carbocycles. The second kappa shape index (κ2) is 24.0. The SMILES string of the molecule is Cc1ccc(S(=O)(=O)N2CC[C@@H]3[C@H](CO)Nc4ccc(-c5cccc(NC(=O)CCCc6ccc(CCCC(=O)N[C@H](C(=O)N7C[C@H](O)C[C@H]7C(=O)NCc7ccc(-c8scnc8C)cc7)C(C)(C)C)cn6)c5)cc4[C@@H]32)cc1. The van der Waals surface area contributed by atoms with E-state index in [0.717, 1.165) is 60.9 Å². The number of benzene rings is 4. The molecule has 4 amide bonds. The fraction of sp³-hybridized carbons (Fsp3) is 0.400. The van der Waals surface area contributed by atoms with Crippen LogP contribution in [0.25, 0.3) is 21.6 Å². The molecule has 6 aromatic rings. The van der Waals surface area contributed by atoms with Gasteiger partial charge < -0.3 is 36.4 Å². The molecule has 2 aromatic heterocycles. The van der Waals surface area contributed by atoms with Gasteiger partial charge in [0.05, 0.1) is 45.8 Å². The summed E-state index contributed by atoms with van der Waals surface area (Å²) in [6, 6.07) is 29.7. The Morgan fingerprint density at radius 3 is 2.27 bits per heavy atom. The second-order valence-corrected chi connectivity index (χ2v) is 24.7. The maximum absolute atomic E-state index is 14.1. The van der Waals surface area contributed by atoms with Crippen molar-refractivity contribution in [1.29, 1.82) is 0 Å². The standard InChI is InChI=1S/C60H70N8O8S2/c1-37-15-24-47(25-16-37)78(75,76)68-28-27-48-51(35-69)65-50-26-22-43(30-49(50)55(48)68)42-10-7-12-45(29-42)64-53(71)14-8-11-44-23-19-39(32-61-44)9-6-13-54(72)66-57(60(3,4)5)59(74)67-34-46(70)31-52(67)58(73)62-33-40-17-20-41(21-18-40)56-38(2)63-36-77-56/h7,10,12,15-26,29-30,32,36,46,48,51-52,55,57,65,69-70H,6,8-9,11,13-14,27-28,31,33-35H2,1-5H3,(H,62,73)(H,64,71)(H,66,72)/t46-,48-,51+,52+,55-,57-/m1/s1. The summed E-state index contributed by atoms with van der Waals surface area (Å²) in [4.78, 5) is 65.9. The predicted octanol–water partition coefficient (Wildman–Crippen LogP) is 8.12. The Kier molecular flexibility index (Phi) is 17.2. The van der Waals surface area contributed by atoms with Crippen LogP contribution in [-0.4, -0.2) is 105 Å². The molecule has 18 heteroatoms. The molecule has 3 aliphatic heterocycles. The minimum absolute atomic E-state index is 0.00615. The van der Waals surface area contributed by atoms with Crippen LogP contribution in [0.2, 0.25) is 0 Å². The number of pyridine rings is 1. The molecular weight excluding hydrogens is 1020 g/mol. The first-order chi connectivity index (χ1) is 37.4. The number of aliphatic hydroxyl groups excluding tert-OH is 2. The third kappa shape index (κ3) is 12.8. The van der Waals surface area contributed by atoms with Crippen molar-refractivity contribution in [3.05, 3.63) is 148 Å². The van der Waals surface area contributed by atoms with Crippen LogP contribution in [0.5, 0.6) is 0 Å². The van der Waals surface area contributed by atoms with Gasteiger partial charge in [0, 0.05) is 68.1 Å². The lowest BCUT2D eigenvalue weighted by atomic mass is 9.82. The quantitative estimate of drug-likeness (QED) is 0.0455. The van der Waals surface area contributed by atoms with E-state index < -0.39 is 45.6 Å². The summed E-state index contributed by atoms with van der Waals surface area (Å²) in [6.45, 7) is 9.96. The third-order valence-corrected chi connectivity index (χ3v) is 18.1. The first-order valence-corrected chi connectivity index (χ1v) is 29.2. The smallest absolute Gasteiger partial charge is 0.246 e. The molecule has 6 N–H and O–H groups in total. The van der Waals surface area contributed by atoms with E-state index in [9.17, 15) is 37.8 Å². The Morgan fingerprint density at radius 1 is 0.846 bits per heavy atom. The van der Waals surface area contributed by atoms with Gasteiger partial charge in [0.15, 0.2) is 0 Å². The van der Waals surface area contributed by atoms with Gasteiger partial charge in [-0.15, -0.1) is 11.3 Å². The fourth-order valence-corrected chi connectivity index (χ4v) is 13.4. The van der Waals surface area contributed by atoms with E-state index in [4.69, 9.17) is 0 Å². The molecule has 0 unspecified atom stereocenters. The Hall–Kier alpha value is -6.83. The zero-order valence-electron chi connectivity index (χ0n) is 44.9. The highest BCUT2D eigenvalue weighted by Gasteiger charge is 2.49. The number of thiazole rings is 1. The van der Waals surface area contributed by atoms with Crippen molar-refractivity contribution in [3.63, 3.8) is 0 Å². The molecule has 0 spiro atoms. The molecular formula is C60H70N8O8S2. The second-order valence-electron chi connectivity index (χ2n) is 22.0. The zero-order chi connectivity index (χ0) is 55.3. The van der Waals surface area contributed by atoms with Crippen molar-refractivity contribution in [1.82, 2.24) is 29.8 Å². The van der Waals surface area contributed by atoms with E-state index in [1.54, 1.807) is 46.1 Å². The highest BCUT2D eigenvalue weighted by Crippen LogP contribution is 2.49. The number of nitrogens with zero attached hydrogens (tertiary/aromatic N) is 4. The van der Waals surface area contributed by atoms with Gasteiger partial charge in [-0.25, -0.2) is 13.4 Å². The molecule has 0 radical (unpaired) electrons. The molecule has 0 bridgehead atoms. The minimum atomic E-state index is -3.82. The number of nitrogens with one attached hydrogen (secondary N) is 4. The van der Waals surface area contributed by atoms with Crippen LogP contribution in [-0.2, 0) is 48.6 Å². The number of hydrogen-bond donors (Lipinski definition) is 6. The van der Waals surface area contributed by atoms with Crippen LogP contribution in [0.15, 0.2) is 120 Å². The van der Waals surface area contributed by atoms with E-state index >= 15 is 0 Å². The number of aliphatic hydroxyl groups is 2. The number of amides is 4. The Labute approximate surface area is 461 Å². The Morgan fingerprint density at radius 2 is 1.56 bits per heavy atom. The Bertz CT molecular complexity index is 3230. The first kappa shape index (κ1) is 55.9. The van der Waals surface area contributed by atoms with Gasteiger partial charge in [-0.05, 0) is 127 Å². The lowest BCUT2D eigenvalue weighted by molar-refractivity contribution is -0.144. The normalized spacial score (nSPS) is 19.6. The lowest BCUT2D eigenvalue weighted by Gasteiger charge is -2.39. The molecule has 5 heterocycles. The predicted molar refractivity (Wildman–Crippen MR) is 303 cm³/mol. The maximum Gasteiger partial charge on any atom is 0.246 e. The van der Waals surface area contributed by atoms with Gasteiger partial charge in [0.25, 0.3) is 0 Å². The van der Waals surface area contributed by atoms with Crippen LogP contribution in [0, 0.1) is 25.2 Å². The van der Waals surface area contributed by atoms with Crippen LogP contribution in [0.3, 0.4) is 0 Å². The molecule has 2 fully saturated rings. The topological polar surface area (TPSA) is 223 Å². The van der Waals surface area contributed by atoms with E-state index in [2.05, 4.69) is 31.2 Å². The van der Waals surface area contributed by atoms with Gasteiger partial charge in [0.2, 0.25) is 33.7 Å². The molecule has 3 aliphatic rings. The fourth-order valence-electron chi connectivity index (χ4n) is 11.0. The number of hydrogen-bond acceptors (Lipinski definition) is 12. The van der Waals surface area contributed by atoms with Crippen LogP contribution >= 0.6 is 11.3 Å². The number of anilines is 2. The number of carbonyl (C=O) groups is 4. The summed E-state index contributed by atoms with van der Waals surface area (Å²) in [5.74, 6) is -1.30. The van der Waals surface area contributed by atoms with Gasteiger partial charge in [-0.3, -0.25) is 24.2 Å². The first-order valence-electron chi connectivity index (χ1n) is 26.8.